The summed E-state index contributed by atoms with van der Waals surface area (Å²) in [4.78, 5) is 39.6. The Hall–Kier alpha value is -2.70. The molecule has 1 unspecified atom stereocenters. The van der Waals surface area contributed by atoms with Crippen LogP contribution < -0.4 is 10.6 Å². The topological polar surface area (TPSA) is 115 Å². The summed E-state index contributed by atoms with van der Waals surface area (Å²) in [6.45, 7) is 4.07. The van der Waals surface area contributed by atoms with Gasteiger partial charge in [-0.3, -0.25) is 9.59 Å². The molecule has 0 spiro atoms. The summed E-state index contributed by atoms with van der Waals surface area (Å²) >= 11 is 4.10. The average molecular weight is 534 g/mol. The third kappa shape index (κ3) is 5.76. The Kier molecular flexibility index (Phi) is 8.24. The van der Waals surface area contributed by atoms with Gasteiger partial charge in [-0.2, -0.15) is 0 Å². The lowest BCUT2D eigenvalue weighted by Crippen LogP contribution is -2.24. The summed E-state index contributed by atoms with van der Waals surface area (Å²) in [7, 11) is 1.80. The highest BCUT2D eigenvalue weighted by atomic mass is 32.2. The Morgan fingerprint density at radius 1 is 1.26 bits per heavy atom. The van der Waals surface area contributed by atoms with Crippen LogP contribution in [0.3, 0.4) is 0 Å². The zero-order valence-corrected chi connectivity index (χ0v) is 22.2. The molecule has 9 nitrogen and oxygen atoms in total. The number of amides is 2. The summed E-state index contributed by atoms with van der Waals surface area (Å²) in [6, 6.07) is 3.58. The van der Waals surface area contributed by atoms with E-state index in [4.69, 9.17) is 4.74 Å². The summed E-state index contributed by atoms with van der Waals surface area (Å²) < 4.78 is 7.03. The van der Waals surface area contributed by atoms with E-state index >= 15 is 0 Å². The predicted octanol–water partition coefficient (Wildman–Crippen LogP) is 4.04. The molecule has 3 aromatic heterocycles. The van der Waals surface area contributed by atoms with Gasteiger partial charge in [0.2, 0.25) is 5.91 Å². The number of esters is 1. The molecule has 186 valence electrons. The number of carbonyl (C=O) groups excluding carboxylic acids is 3. The lowest BCUT2D eigenvalue weighted by Gasteiger charge is -2.13. The van der Waals surface area contributed by atoms with Gasteiger partial charge < -0.3 is 19.9 Å². The van der Waals surface area contributed by atoms with E-state index < -0.39 is 5.25 Å². The van der Waals surface area contributed by atoms with E-state index in [2.05, 4.69) is 20.8 Å². The third-order valence-corrected chi connectivity index (χ3v) is 8.83. The predicted molar refractivity (Wildman–Crippen MR) is 137 cm³/mol. The Balaban J connectivity index is 1.41. The number of ether oxygens (including phenoxy) is 1. The van der Waals surface area contributed by atoms with Crippen molar-refractivity contribution >= 4 is 57.2 Å². The van der Waals surface area contributed by atoms with Crippen LogP contribution in [0.4, 0.5) is 5.00 Å². The second-order valence-corrected chi connectivity index (χ2v) is 11.4. The van der Waals surface area contributed by atoms with Crippen LogP contribution in [0.2, 0.25) is 0 Å². The first-order valence-electron chi connectivity index (χ1n) is 11.4. The first-order chi connectivity index (χ1) is 16.9. The lowest BCUT2D eigenvalue weighted by atomic mass is 9.95. The summed E-state index contributed by atoms with van der Waals surface area (Å²) in [6.07, 6.45) is 3.85. The number of thioether (sulfide) groups is 1. The zero-order chi connectivity index (χ0) is 24.9. The fourth-order valence-corrected chi connectivity index (χ4v) is 6.51. The maximum absolute atomic E-state index is 13.0. The summed E-state index contributed by atoms with van der Waals surface area (Å²) in [5, 5.41) is 16.6. The van der Waals surface area contributed by atoms with Gasteiger partial charge in [0.05, 0.1) is 28.8 Å². The number of nitrogens with zero attached hydrogens (tertiary/aromatic N) is 3. The number of hydrogen-bond donors (Lipinski definition) is 2. The van der Waals surface area contributed by atoms with Gasteiger partial charge in [0.25, 0.3) is 5.91 Å². The van der Waals surface area contributed by atoms with Crippen LogP contribution in [0.1, 0.15) is 63.0 Å². The van der Waals surface area contributed by atoms with Gasteiger partial charge in [0.1, 0.15) is 5.00 Å². The number of aryl methyl sites for hydroxylation is 1. The van der Waals surface area contributed by atoms with Crippen molar-refractivity contribution in [1.82, 2.24) is 20.1 Å². The Bertz CT molecular complexity index is 1220. The van der Waals surface area contributed by atoms with Crippen LogP contribution in [-0.2, 0) is 36.0 Å². The molecule has 0 aromatic carbocycles. The number of thiophene rings is 2. The van der Waals surface area contributed by atoms with Gasteiger partial charge in [-0.1, -0.05) is 17.8 Å². The highest BCUT2D eigenvalue weighted by molar-refractivity contribution is 8.00. The van der Waals surface area contributed by atoms with Crippen molar-refractivity contribution in [2.75, 3.05) is 11.9 Å². The van der Waals surface area contributed by atoms with E-state index in [1.165, 1.54) is 34.4 Å². The molecule has 0 radical (unpaired) electrons. The van der Waals surface area contributed by atoms with Gasteiger partial charge >= 0.3 is 5.97 Å². The molecule has 2 amide bonds. The number of hydrogen-bond acceptors (Lipinski definition) is 9. The maximum Gasteiger partial charge on any atom is 0.341 e. The molecule has 12 heteroatoms. The number of anilines is 1. The SMILES string of the molecule is CCOC(=O)c1c(NC(=O)C(C)Sc2nnc(CNC(=O)c3cccs3)n2C)sc2c1CCCC2. The van der Waals surface area contributed by atoms with Gasteiger partial charge in [0.15, 0.2) is 11.0 Å². The molecule has 3 heterocycles. The number of aromatic nitrogens is 3. The Labute approximate surface area is 215 Å². The molecule has 1 atom stereocenters. The van der Waals surface area contributed by atoms with Crippen LogP contribution >= 0.6 is 34.4 Å². The van der Waals surface area contributed by atoms with Crippen molar-refractivity contribution in [3.8, 4) is 0 Å². The normalized spacial score (nSPS) is 13.7. The molecule has 0 bridgehead atoms. The minimum atomic E-state index is -0.486. The molecule has 0 saturated heterocycles. The van der Waals surface area contributed by atoms with E-state index in [-0.39, 0.29) is 30.9 Å². The van der Waals surface area contributed by atoms with Gasteiger partial charge in [0, 0.05) is 11.9 Å². The van der Waals surface area contributed by atoms with E-state index in [0.717, 1.165) is 36.1 Å². The fraction of sp³-hybridized carbons (Fsp3) is 0.435. The molecular weight excluding hydrogens is 506 g/mol. The van der Waals surface area contributed by atoms with Crippen LogP contribution in [0.15, 0.2) is 22.7 Å². The van der Waals surface area contributed by atoms with E-state index in [0.29, 0.717) is 26.4 Å². The number of rotatable bonds is 9. The molecule has 4 rings (SSSR count). The second kappa shape index (κ2) is 11.4. The standard InChI is InChI=1S/C23H27N5O4S3/c1-4-32-22(31)18-14-8-5-6-9-15(14)35-21(18)25-19(29)13(2)34-23-27-26-17(28(23)3)12-24-20(30)16-10-7-11-33-16/h7,10-11,13H,4-6,8-9,12H2,1-3H3,(H,24,30)(H,25,29). The van der Waals surface area contributed by atoms with Crippen LogP contribution in [-0.4, -0.2) is 44.4 Å². The van der Waals surface area contributed by atoms with Crippen molar-refractivity contribution in [3.63, 3.8) is 0 Å². The quantitative estimate of drug-likeness (QED) is 0.315. The molecule has 2 N–H and O–H groups in total. The minimum absolute atomic E-state index is 0.166. The Morgan fingerprint density at radius 2 is 2.06 bits per heavy atom. The second-order valence-electron chi connectivity index (χ2n) is 8.00. The maximum atomic E-state index is 13.0. The van der Waals surface area contributed by atoms with E-state index in [1.807, 2.05) is 11.4 Å². The largest absolute Gasteiger partial charge is 0.462 e. The summed E-state index contributed by atoms with van der Waals surface area (Å²) in [5.41, 5.74) is 1.51. The monoisotopic (exact) mass is 533 g/mol. The average Bonchev–Trinajstić information content (AvgIpc) is 3.57. The Morgan fingerprint density at radius 3 is 2.80 bits per heavy atom. The molecule has 3 aromatic rings. The first kappa shape index (κ1) is 25.4. The van der Waals surface area contributed by atoms with Crippen LogP contribution in [0.25, 0.3) is 0 Å². The van der Waals surface area contributed by atoms with Crippen molar-refractivity contribution in [2.24, 2.45) is 7.05 Å². The highest BCUT2D eigenvalue weighted by Crippen LogP contribution is 2.39. The molecular formula is C23H27N5O4S3. The highest BCUT2D eigenvalue weighted by Gasteiger charge is 2.28. The van der Waals surface area contributed by atoms with Crippen molar-refractivity contribution < 1.29 is 19.1 Å². The van der Waals surface area contributed by atoms with Crippen molar-refractivity contribution in [2.45, 2.75) is 56.5 Å². The molecule has 1 aliphatic rings. The van der Waals surface area contributed by atoms with Crippen LogP contribution in [0, 0.1) is 0 Å². The third-order valence-electron chi connectivity index (χ3n) is 5.62. The molecule has 0 saturated carbocycles. The van der Waals surface area contributed by atoms with Crippen molar-refractivity contribution in [1.29, 1.82) is 0 Å². The molecule has 0 fully saturated rings. The number of fused-ring (bicyclic) bond motifs is 1. The van der Waals surface area contributed by atoms with Crippen LogP contribution in [0.5, 0.6) is 0 Å². The smallest absolute Gasteiger partial charge is 0.341 e. The number of carbonyl (C=O) groups is 3. The van der Waals surface area contributed by atoms with Crippen molar-refractivity contribution in [3.05, 3.63) is 44.2 Å². The van der Waals surface area contributed by atoms with E-state index in [1.54, 1.807) is 31.5 Å². The fourth-order valence-electron chi connectivity index (χ4n) is 3.75. The van der Waals surface area contributed by atoms with Gasteiger partial charge in [-0.15, -0.1) is 32.9 Å². The number of nitrogens with one attached hydrogen (secondary N) is 2. The molecule has 0 aliphatic heterocycles. The van der Waals surface area contributed by atoms with Gasteiger partial charge in [-0.25, -0.2) is 4.79 Å². The molecule has 1 aliphatic carbocycles. The first-order valence-corrected chi connectivity index (χ1v) is 14.0. The molecule has 35 heavy (non-hydrogen) atoms. The summed E-state index contributed by atoms with van der Waals surface area (Å²) in [5.74, 6) is -0.193. The minimum Gasteiger partial charge on any atom is -0.462 e. The lowest BCUT2D eigenvalue weighted by molar-refractivity contribution is -0.115. The van der Waals surface area contributed by atoms with Gasteiger partial charge in [-0.05, 0) is 56.5 Å². The van der Waals surface area contributed by atoms with E-state index in [9.17, 15) is 14.4 Å². The zero-order valence-electron chi connectivity index (χ0n) is 19.8.